The summed E-state index contributed by atoms with van der Waals surface area (Å²) in [6.45, 7) is 4.54. The van der Waals surface area contributed by atoms with Gasteiger partial charge in [-0.15, -0.1) is 5.10 Å². The molecule has 0 saturated carbocycles. The summed E-state index contributed by atoms with van der Waals surface area (Å²) in [6.07, 6.45) is 2.92. The number of hydrogen-bond donors (Lipinski definition) is 1. The highest BCUT2D eigenvalue weighted by molar-refractivity contribution is 5.28. The first-order valence-corrected chi connectivity index (χ1v) is 9.44. The average molecular weight is 365 g/mol. The third kappa shape index (κ3) is 4.23. The van der Waals surface area contributed by atoms with Crippen molar-refractivity contribution < 1.29 is 4.39 Å². The Balaban J connectivity index is 1.70. The highest BCUT2D eigenvalue weighted by Crippen LogP contribution is 2.29. The third-order valence-corrected chi connectivity index (χ3v) is 5.03. The number of nitrogens with one attached hydrogen (secondary N) is 1. The summed E-state index contributed by atoms with van der Waals surface area (Å²) >= 11 is 0. The predicted octanol–water partition coefficient (Wildman–Crippen LogP) is 2.85. The van der Waals surface area contributed by atoms with Crippen LogP contribution in [0, 0.1) is 5.82 Å². The summed E-state index contributed by atoms with van der Waals surface area (Å²) in [5.41, 5.74) is 3.28. The van der Waals surface area contributed by atoms with Gasteiger partial charge < -0.3 is 5.32 Å². The minimum absolute atomic E-state index is 0.00390. The van der Waals surface area contributed by atoms with E-state index >= 15 is 0 Å². The van der Waals surface area contributed by atoms with Gasteiger partial charge in [0.25, 0.3) is 0 Å². The first kappa shape index (κ1) is 17.8. The van der Waals surface area contributed by atoms with Gasteiger partial charge in [0.05, 0.1) is 24.5 Å². The van der Waals surface area contributed by atoms with Crippen LogP contribution in [0.1, 0.15) is 29.3 Å². The fourth-order valence-corrected chi connectivity index (χ4v) is 3.70. The molecule has 1 fully saturated rings. The van der Waals surface area contributed by atoms with Crippen molar-refractivity contribution in [1.82, 2.24) is 25.2 Å². The standard InChI is InChI=1S/C21H24FN5/c22-19-9-7-18(8-10-19)21(26-13-4-11-23-12-14-26)20-15-24-25-27(20)16-17-5-2-1-3-6-17/h1-3,5-10,15,21,23H,4,11-14,16H2. The molecule has 1 aliphatic heterocycles. The first-order chi connectivity index (χ1) is 13.3. The topological polar surface area (TPSA) is 46.0 Å². The lowest BCUT2D eigenvalue weighted by atomic mass is 10.0. The minimum Gasteiger partial charge on any atom is -0.315 e. The molecule has 1 saturated heterocycles. The van der Waals surface area contributed by atoms with Gasteiger partial charge in [-0.05, 0) is 36.2 Å². The molecule has 5 nitrogen and oxygen atoms in total. The normalized spacial score (nSPS) is 16.8. The molecule has 0 spiro atoms. The number of halogens is 1. The second-order valence-corrected chi connectivity index (χ2v) is 6.90. The Morgan fingerprint density at radius 1 is 1.00 bits per heavy atom. The van der Waals surface area contributed by atoms with Crippen LogP contribution in [0.3, 0.4) is 0 Å². The smallest absolute Gasteiger partial charge is 0.123 e. The van der Waals surface area contributed by atoms with Gasteiger partial charge in [0.15, 0.2) is 0 Å². The quantitative estimate of drug-likeness (QED) is 0.755. The molecule has 0 amide bonds. The van der Waals surface area contributed by atoms with Crippen LogP contribution in [-0.2, 0) is 6.54 Å². The van der Waals surface area contributed by atoms with Gasteiger partial charge in [-0.2, -0.15) is 0 Å². The van der Waals surface area contributed by atoms with Gasteiger partial charge in [0, 0.05) is 19.6 Å². The van der Waals surface area contributed by atoms with Gasteiger partial charge in [0.1, 0.15) is 5.82 Å². The van der Waals surface area contributed by atoms with Crippen LogP contribution in [0.15, 0.2) is 60.8 Å². The highest BCUT2D eigenvalue weighted by Gasteiger charge is 2.27. The van der Waals surface area contributed by atoms with Gasteiger partial charge in [0.2, 0.25) is 0 Å². The van der Waals surface area contributed by atoms with Gasteiger partial charge in [-0.3, -0.25) is 4.90 Å². The SMILES string of the molecule is Fc1ccc(C(c2cnnn2Cc2ccccc2)N2CCCNCC2)cc1. The van der Waals surface area contributed by atoms with Crippen LogP contribution in [0.2, 0.25) is 0 Å². The Hall–Kier alpha value is -2.57. The van der Waals surface area contributed by atoms with Crippen LogP contribution in [0.5, 0.6) is 0 Å². The molecule has 1 unspecified atom stereocenters. The molecule has 0 radical (unpaired) electrons. The summed E-state index contributed by atoms with van der Waals surface area (Å²) < 4.78 is 15.5. The Morgan fingerprint density at radius 2 is 1.81 bits per heavy atom. The minimum atomic E-state index is -0.217. The molecule has 3 aromatic rings. The molecule has 0 aliphatic carbocycles. The van der Waals surface area contributed by atoms with E-state index in [0.29, 0.717) is 6.54 Å². The van der Waals surface area contributed by atoms with Crippen LogP contribution in [0.4, 0.5) is 4.39 Å². The van der Waals surface area contributed by atoms with Crippen LogP contribution >= 0.6 is 0 Å². The Morgan fingerprint density at radius 3 is 2.63 bits per heavy atom. The lowest BCUT2D eigenvalue weighted by Gasteiger charge is -2.31. The largest absolute Gasteiger partial charge is 0.315 e. The summed E-state index contributed by atoms with van der Waals surface area (Å²) in [4.78, 5) is 2.44. The molecule has 1 atom stereocenters. The van der Waals surface area contributed by atoms with Crippen molar-refractivity contribution in [2.24, 2.45) is 0 Å². The van der Waals surface area contributed by atoms with E-state index in [4.69, 9.17) is 0 Å². The molecule has 1 aliphatic rings. The van der Waals surface area contributed by atoms with E-state index in [1.807, 2.05) is 41.2 Å². The van der Waals surface area contributed by atoms with E-state index in [2.05, 4.69) is 32.7 Å². The number of nitrogens with zero attached hydrogens (tertiary/aromatic N) is 4. The molecular weight excluding hydrogens is 341 g/mol. The fourth-order valence-electron chi connectivity index (χ4n) is 3.70. The van der Waals surface area contributed by atoms with Crippen LogP contribution in [0.25, 0.3) is 0 Å². The lowest BCUT2D eigenvalue weighted by molar-refractivity contribution is 0.231. The van der Waals surface area contributed by atoms with Crippen molar-refractivity contribution in [1.29, 1.82) is 0 Å². The van der Waals surface area contributed by atoms with Crippen LogP contribution in [-0.4, -0.2) is 46.1 Å². The Bertz CT molecular complexity index is 839. The summed E-state index contributed by atoms with van der Waals surface area (Å²) in [5.74, 6) is -0.217. The second kappa shape index (κ2) is 8.41. The molecule has 4 rings (SSSR count). The molecular formula is C21H24FN5. The van der Waals surface area contributed by atoms with E-state index in [1.54, 1.807) is 0 Å². The zero-order valence-corrected chi connectivity index (χ0v) is 15.3. The maximum atomic E-state index is 13.5. The first-order valence-electron chi connectivity index (χ1n) is 9.44. The van der Waals surface area contributed by atoms with E-state index < -0.39 is 0 Å². The highest BCUT2D eigenvalue weighted by atomic mass is 19.1. The third-order valence-electron chi connectivity index (χ3n) is 5.03. The van der Waals surface area contributed by atoms with E-state index in [9.17, 15) is 4.39 Å². The zero-order chi connectivity index (χ0) is 18.5. The molecule has 2 aromatic carbocycles. The molecule has 1 aromatic heterocycles. The molecule has 0 bridgehead atoms. The van der Waals surface area contributed by atoms with E-state index in [0.717, 1.165) is 43.9 Å². The van der Waals surface area contributed by atoms with Crippen molar-refractivity contribution in [3.05, 3.63) is 83.4 Å². The number of benzene rings is 2. The Labute approximate surface area is 158 Å². The fraction of sp³-hybridized carbons (Fsp3) is 0.333. The number of rotatable bonds is 5. The maximum Gasteiger partial charge on any atom is 0.123 e. The lowest BCUT2D eigenvalue weighted by Crippen LogP contribution is -2.34. The maximum absolute atomic E-state index is 13.5. The van der Waals surface area contributed by atoms with E-state index in [-0.39, 0.29) is 11.9 Å². The van der Waals surface area contributed by atoms with Crippen molar-refractivity contribution in [2.75, 3.05) is 26.2 Å². The van der Waals surface area contributed by atoms with Crippen molar-refractivity contribution in [3.63, 3.8) is 0 Å². The second-order valence-electron chi connectivity index (χ2n) is 6.90. The number of aromatic nitrogens is 3. The monoisotopic (exact) mass is 365 g/mol. The van der Waals surface area contributed by atoms with Crippen LogP contribution < -0.4 is 5.32 Å². The van der Waals surface area contributed by atoms with Crippen molar-refractivity contribution >= 4 is 0 Å². The molecule has 2 heterocycles. The van der Waals surface area contributed by atoms with Crippen molar-refractivity contribution in [2.45, 2.75) is 19.0 Å². The summed E-state index contributed by atoms with van der Waals surface area (Å²) in [5, 5.41) is 12.0. The zero-order valence-electron chi connectivity index (χ0n) is 15.3. The molecule has 6 heteroatoms. The van der Waals surface area contributed by atoms with Crippen molar-refractivity contribution in [3.8, 4) is 0 Å². The van der Waals surface area contributed by atoms with Gasteiger partial charge in [-0.1, -0.05) is 47.7 Å². The summed E-state index contributed by atoms with van der Waals surface area (Å²) in [6, 6.07) is 17.1. The Kier molecular flexibility index (Phi) is 5.55. The van der Waals surface area contributed by atoms with Gasteiger partial charge in [-0.25, -0.2) is 9.07 Å². The average Bonchev–Trinajstić information content (AvgIpc) is 2.97. The van der Waals surface area contributed by atoms with Gasteiger partial charge >= 0.3 is 0 Å². The molecule has 1 N–H and O–H groups in total. The summed E-state index contributed by atoms with van der Waals surface area (Å²) in [7, 11) is 0. The molecule has 27 heavy (non-hydrogen) atoms. The van der Waals surface area contributed by atoms with E-state index in [1.165, 1.54) is 17.7 Å². The number of hydrogen-bond acceptors (Lipinski definition) is 4. The molecule has 140 valence electrons. The predicted molar refractivity (Wildman–Crippen MR) is 103 cm³/mol.